The molecule has 1 saturated heterocycles. The molecule has 0 aliphatic carbocycles. The second-order valence-corrected chi connectivity index (χ2v) is 9.52. The Morgan fingerprint density at radius 2 is 1.97 bits per heavy atom. The fraction of sp³-hybridized carbons (Fsp3) is 0.0476. The number of carbonyl (C=O) groups excluding carboxylic acids is 1. The Kier molecular flexibility index (Phi) is 6.20. The molecule has 4 rings (SSSR count). The van der Waals surface area contributed by atoms with Crippen LogP contribution in [-0.2, 0) is 4.79 Å². The van der Waals surface area contributed by atoms with E-state index in [2.05, 4.69) is 57.4 Å². The summed E-state index contributed by atoms with van der Waals surface area (Å²) in [7, 11) is 0. The maximum atomic E-state index is 12.3. The quantitative estimate of drug-likeness (QED) is 0.386. The second kappa shape index (κ2) is 8.83. The van der Waals surface area contributed by atoms with Crippen molar-refractivity contribution in [3.05, 3.63) is 80.3 Å². The molecule has 1 aliphatic rings. The topological polar surface area (TPSA) is 54.6 Å². The average Bonchev–Trinajstić information content (AvgIpc) is 3.27. The van der Waals surface area contributed by atoms with Crippen molar-refractivity contribution in [1.82, 2.24) is 5.32 Å². The van der Waals surface area contributed by atoms with Crippen LogP contribution in [0, 0.1) is 6.92 Å². The molecule has 0 unspecified atom stereocenters. The summed E-state index contributed by atoms with van der Waals surface area (Å²) in [5.41, 5.74) is 1.88. The Labute approximate surface area is 189 Å². The zero-order valence-corrected chi connectivity index (χ0v) is 19.1. The molecule has 146 valence electrons. The highest BCUT2D eigenvalue weighted by Gasteiger charge is 2.24. The molecule has 0 bridgehead atoms. The van der Waals surface area contributed by atoms with Crippen molar-refractivity contribution >= 4 is 73.9 Å². The summed E-state index contributed by atoms with van der Waals surface area (Å²) >= 11 is 12.2. The van der Waals surface area contributed by atoms with Crippen LogP contribution in [0.15, 0.2) is 83.4 Å². The molecule has 0 radical (unpaired) electrons. The van der Waals surface area contributed by atoms with Crippen LogP contribution >= 0.6 is 51.1 Å². The van der Waals surface area contributed by atoms with Crippen LogP contribution in [0.2, 0.25) is 5.02 Å². The van der Waals surface area contributed by atoms with E-state index in [1.165, 1.54) is 29.1 Å². The van der Waals surface area contributed by atoms with E-state index in [-0.39, 0.29) is 5.91 Å². The van der Waals surface area contributed by atoms with Crippen molar-refractivity contribution in [3.8, 4) is 0 Å². The lowest BCUT2D eigenvalue weighted by molar-refractivity contribution is -0.115. The number of amides is 1. The summed E-state index contributed by atoms with van der Waals surface area (Å²) in [5, 5.41) is 4.59. The first kappa shape index (κ1) is 20.3. The maximum Gasteiger partial charge on any atom is 0.264 e. The molecule has 2 aromatic carbocycles. The van der Waals surface area contributed by atoms with E-state index in [1.807, 2.05) is 24.3 Å². The van der Waals surface area contributed by atoms with Gasteiger partial charge in [0.1, 0.15) is 5.76 Å². The number of nitrogens with zero attached hydrogens (tertiary/aromatic N) is 1. The van der Waals surface area contributed by atoms with Gasteiger partial charge in [0.05, 0.1) is 15.6 Å². The summed E-state index contributed by atoms with van der Waals surface area (Å²) in [6.45, 7) is 2.05. The van der Waals surface area contributed by atoms with E-state index >= 15 is 0 Å². The van der Waals surface area contributed by atoms with Gasteiger partial charge in [-0.05, 0) is 77.1 Å². The Morgan fingerprint density at radius 3 is 2.72 bits per heavy atom. The number of rotatable bonds is 4. The van der Waals surface area contributed by atoms with Crippen LogP contribution in [0.4, 0.5) is 5.69 Å². The smallest absolute Gasteiger partial charge is 0.264 e. The number of aryl methyl sites for hydroxylation is 1. The first-order valence-corrected chi connectivity index (χ1v) is 11.4. The molecule has 4 nitrogen and oxygen atoms in total. The molecule has 3 aromatic rings. The van der Waals surface area contributed by atoms with Gasteiger partial charge >= 0.3 is 0 Å². The van der Waals surface area contributed by atoms with Crippen LogP contribution in [0.1, 0.15) is 11.3 Å². The van der Waals surface area contributed by atoms with Crippen LogP contribution in [0.25, 0.3) is 6.08 Å². The number of halogens is 2. The number of hydrogen-bond acceptors (Lipinski definition) is 5. The number of nitrogens with one attached hydrogen (secondary N) is 1. The SMILES string of the molecule is Cc1ccc(Sc2ccc(/C=C3\SC(=Nc4ccc(Br)c(Cl)c4)NC3=O)o2)cc1. The van der Waals surface area contributed by atoms with Gasteiger partial charge in [-0.1, -0.05) is 41.1 Å². The van der Waals surface area contributed by atoms with Gasteiger partial charge in [-0.2, -0.15) is 0 Å². The van der Waals surface area contributed by atoms with Gasteiger partial charge in [-0.15, -0.1) is 0 Å². The zero-order chi connectivity index (χ0) is 20.4. The van der Waals surface area contributed by atoms with Crippen LogP contribution in [0.3, 0.4) is 0 Å². The molecule has 29 heavy (non-hydrogen) atoms. The minimum Gasteiger partial charge on any atom is -0.450 e. The number of aliphatic imine (C=N–C) groups is 1. The lowest BCUT2D eigenvalue weighted by atomic mass is 10.2. The van der Waals surface area contributed by atoms with Gasteiger partial charge < -0.3 is 9.73 Å². The van der Waals surface area contributed by atoms with Crippen molar-refractivity contribution in [3.63, 3.8) is 0 Å². The number of carbonyl (C=O) groups is 1. The van der Waals surface area contributed by atoms with Crippen molar-refractivity contribution < 1.29 is 9.21 Å². The molecule has 0 atom stereocenters. The minimum absolute atomic E-state index is 0.207. The minimum atomic E-state index is -0.207. The molecule has 8 heteroatoms. The third-order valence-corrected chi connectivity index (χ3v) is 6.97. The fourth-order valence-corrected chi connectivity index (χ4v) is 4.49. The van der Waals surface area contributed by atoms with E-state index in [0.717, 1.165) is 14.5 Å². The zero-order valence-electron chi connectivity index (χ0n) is 15.1. The lowest BCUT2D eigenvalue weighted by Crippen LogP contribution is -2.19. The summed E-state index contributed by atoms with van der Waals surface area (Å²) < 4.78 is 6.64. The van der Waals surface area contributed by atoms with Gasteiger partial charge in [0.25, 0.3) is 5.91 Å². The second-order valence-electron chi connectivity index (χ2n) is 6.15. The van der Waals surface area contributed by atoms with Gasteiger partial charge in [-0.3, -0.25) is 4.79 Å². The highest BCUT2D eigenvalue weighted by atomic mass is 79.9. The Hall–Kier alpha value is -1.93. The third-order valence-electron chi connectivity index (χ3n) is 3.90. The summed E-state index contributed by atoms with van der Waals surface area (Å²) in [4.78, 5) is 18.3. The molecule has 1 aliphatic heterocycles. The van der Waals surface area contributed by atoms with E-state index < -0.39 is 0 Å². The first-order valence-electron chi connectivity index (χ1n) is 8.55. The maximum absolute atomic E-state index is 12.3. The molecule has 2 heterocycles. The Morgan fingerprint density at radius 1 is 1.17 bits per heavy atom. The molecule has 1 N–H and O–H groups in total. The van der Waals surface area contributed by atoms with Crippen LogP contribution in [-0.4, -0.2) is 11.1 Å². The largest absolute Gasteiger partial charge is 0.450 e. The molecule has 1 aromatic heterocycles. The molecular formula is C21H14BrClN2O2S2. The predicted molar refractivity (Wildman–Crippen MR) is 124 cm³/mol. The monoisotopic (exact) mass is 504 g/mol. The summed E-state index contributed by atoms with van der Waals surface area (Å²) in [6.07, 6.45) is 1.72. The lowest BCUT2D eigenvalue weighted by Gasteiger charge is -1.99. The normalized spacial score (nSPS) is 16.6. The number of thioether (sulfide) groups is 1. The first-order chi connectivity index (χ1) is 14.0. The van der Waals surface area contributed by atoms with Gasteiger partial charge in [-0.25, -0.2) is 4.99 Å². The van der Waals surface area contributed by atoms with Gasteiger partial charge in [0.15, 0.2) is 10.3 Å². The molecule has 0 saturated carbocycles. The Balaban J connectivity index is 1.48. The van der Waals surface area contributed by atoms with Crippen molar-refractivity contribution in [2.24, 2.45) is 4.99 Å². The number of benzene rings is 2. The summed E-state index contributed by atoms with van der Waals surface area (Å²) in [5.74, 6) is 0.409. The molecule has 1 amide bonds. The van der Waals surface area contributed by atoms with Gasteiger partial charge in [0.2, 0.25) is 0 Å². The number of amidine groups is 1. The van der Waals surface area contributed by atoms with E-state index in [1.54, 1.807) is 12.1 Å². The summed E-state index contributed by atoms with van der Waals surface area (Å²) in [6, 6.07) is 17.3. The van der Waals surface area contributed by atoms with E-state index in [9.17, 15) is 4.79 Å². The van der Waals surface area contributed by atoms with E-state index in [0.29, 0.717) is 26.5 Å². The molecular weight excluding hydrogens is 492 g/mol. The molecule has 0 spiro atoms. The van der Waals surface area contributed by atoms with Crippen molar-refractivity contribution in [1.29, 1.82) is 0 Å². The predicted octanol–water partition coefficient (Wildman–Crippen LogP) is 7.05. The average molecular weight is 506 g/mol. The molecule has 1 fully saturated rings. The van der Waals surface area contributed by atoms with Crippen LogP contribution in [0.5, 0.6) is 0 Å². The fourth-order valence-electron chi connectivity index (χ4n) is 2.47. The third kappa shape index (κ3) is 5.17. The highest BCUT2D eigenvalue weighted by Crippen LogP contribution is 2.33. The number of furan rings is 1. The van der Waals surface area contributed by atoms with Crippen LogP contribution < -0.4 is 5.32 Å². The van der Waals surface area contributed by atoms with Gasteiger partial charge in [0, 0.05) is 15.4 Å². The number of hydrogen-bond donors (Lipinski definition) is 1. The van der Waals surface area contributed by atoms with Crippen molar-refractivity contribution in [2.45, 2.75) is 16.9 Å². The Bertz CT molecular complexity index is 1140. The van der Waals surface area contributed by atoms with Crippen molar-refractivity contribution in [2.75, 3.05) is 0 Å². The standard InChI is InChI=1S/C21H14BrClN2O2S2/c1-12-2-6-15(7-3-12)28-19-9-5-14(27-19)11-18-20(26)25-21(29-18)24-13-4-8-16(22)17(23)10-13/h2-11H,1H3,(H,24,25,26)/b18-11-. The van der Waals surface area contributed by atoms with E-state index in [4.69, 9.17) is 16.0 Å². The highest BCUT2D eigenvalue weighted by molar-refractivity contribution is 9.10.